The van der Waals surface area contributed by atoms with Crippen LogP contribution in [0, 0.1) is 12.8 Å². The second kappa shape index (κ2) is 9.56. The normalized spacial score (nSPS) is 14.8. The van der Waals surface area contributed by atoms with Crippen LogP contribution in [-0.4, -0.2) is 56.8 Å². The van der Waals surface area contributed by atoms with Gasteiger partial charge < -0.3 is 15.2 Å². The van der Waals surface area contributed by atoms with E-state index in [0.717, 1.165) is 60.0 Å². The van der Waals surface area contributed by atoms with Crippen molar-refractivity contribution in [3.63, 3.8) is 0 Å². The zero-order valence-corrected chi connectivity index (χ0v) is 20.7. The monoisotopic (exact) mass is 474 g/mol. The first-order chi connectivity index (χ1) is 16.5. The number of aromatic amines is 1. The molecular formula is C26H30N6OS. The van der Waals surface area contributed by atoms with Crippen LogP contribution in [0.2, 0.25) is 0 Å². The maximum Gasteiger partial charge on any atom is 0.229 e. The Kier molecular flexibility index (Phi) is 6.34. The molecule has 4 aromatic rings. The Balaban J connectivity index is 1.25. The fourth-order valence-electron chi connectivity index (χ4n) is 4.31. The molecule has 3 aromatic heterocycles. The second-order valence-electron chi connectivity index (χ2n) is 9.20. The van der Waals surface area contributed by atoms with E-state index in [1.54, 1.807) is 11.3 Å². The first-order valence-electron chi connectivity index (χ1n) is 11.7. The average molecular weight is 475 g/mol. The van der Waals surface area contributed by atoms with Crippen LogP contribution in [0.15, 0.2) is 48.0 Å². The molecule has 8 heteroatoms. The van der Waals surface area contributed by atoms with E-state index in [2.05, 4.69) is 62.8 Å². The minimum atomic E-state index is 0.0683. The van der Waals surface area contributed by atoms with E-state index in [4.69, 9.17) is 4.98 Å². The highest BCUT2D eigenvalue weighted by Gasteiger charge is 2.22. The molecule has 0 aliphatic carbocycles. The maximum atomic E-state index is 12.2. The number of rotatable bonds is 6. The standard InChI is InChI=1S/C26H30N6OS/c1-17(2)25(33)32-12-10-31(11-13-32)15-19-4-6-20(7-5-19)28-26-29-23(22-14-18(3)16-34-22)21-8-9-27-24(21)30-26/h4-9,14,16-17H,10-13,15H2,1-3H3,(H2,27,28,29,30). The molecule has 0 spiro atoms. The number of fused-ring (bicyclic) bond motifs is 1. The molecule has 7 nitrogen and oxygen atoms in total. The molecule has 0 atom stereocenters. The fourth-order valence-corrected chi connectivity index (χ4v) is 5.21. The van der Waals surface area contributed by atoms with Crippen LogP contribution in [0.5, 0.6) is 0 Å². The summed E-state index contributed by atoms with van der Waals surface area (Å²) in [4.78, 5) is 30.4. The summed E-state index contributed by atoms with van der Waals surface area (Å²) in [5, 5.41) is 6.54. The van der Waals surface area contributed by atoms with Gasteiger partial charge in [0.05, 0.1) is 10.6 Å². The van der Waals surface area contributed by atoms with Gasteiger partial charge in [0.15, 0.2) is 0 Å². The molecule has 1 aromatic carbocycles. The summed E-state index contributed by atoms with van der Waals surface area (Å²) in [6.45, 7) is 10.4. The smallest absolute Gasteiger partial charge is 0.229 e. The molecule has 1 fully saturated rings. The summed E-state index contributed by atoms with van der Waals surface area (Å²) >= 11 is 1.70. The molecule has 5 rings (SSSR count). The van der Waals surface area contributed by atoms with Gasteiger partial charge in [0.1, 0.15) is 5.65 Å². The number of H-pyrrole nitrogens is 1. The van der Waals surface area contributed by atoms with E-state index in [1.165, 1.54) is 11.1 Å². The van der Waals surface area contributed by atoms with Crippen molar-refractivity contribution in [1.29, 1.82) is 0 Å². The Hall–Kier alpha value is -3.23. The average Bonchev–Trinajstić information content (AvgIpc) is 3.49. The highest BCUT2D eigenvalue weighted by molar-refractivity contribution is 7.13. The third kappa shape index (κ3) is 4.83. The molecule has 2 N–H and O–H groups in total. The lowest BCUT2D eigenvalue weighted by molar-refractivity contribution is -0.136. The minimum absolute atomic E-state index is 0.0683. The molecular weight excluding hydrogens is 444 g/mol. The summed E-state index contributed by atoms with van der Waals surface area (Å²) in [6.07, 6.45) is 1.90. The summed E-state index contributed by atoms with van der Waals surface area (Å²) in [5.74, 6) is 0.903. The van der Waals surface area contributed by atoms with Crippen LogP contribution >= 0.6 is 11.3 Å². The molecule has 176 valence electrons. The molecule has 1 aliphatic heterocycles. The summed E-state index contributed by atoms with van der Waals surface area (Å²) < 4.78 is 0. The number of carbonyl (C=O) groups excluding carboxylic acids is 1. The van der Waals surface area contributed by atoms with E-state index in [-0.39, 0.29) is 11.8 Å². The number of benzene rings is 1. The molecule has 1 saturated heterocycles. The maximum absolute atomic E-state index is 12.2. The zero-order chi connectivity index (χ0) is 23.7. The van der Waals surface area contributed by atoms with E-state index in [0.29, 0.717) is 5.95 Å². The van der Waals surface area contributed by atoms with Gasteiger partial charge in [0, 0.05) is 55.9 Å². The number of piperazine rings is 1. The van der Waals surface area contributed by atoms with Crippen LogP contribution in [0.25, 0.3) is 21.6 Å². The van der Waals surface area contributed by atoms with Gasteiger partial charge in [0.2, 0.25) is 11.9 Å². The molecule has 1 aliphatic rings. The number of thiophene rings is 1. The van der Waals surface area contributed by atoms with Gasteiger partial charge in [0.25, 0.3) is 0 Å². The predicted octanol–water partition coefficient (Wildman–Crippen LogP) is 5.04. The first kappa shape index (κ1) is 22.6. The quantitative estimate of drug-likeness (QED) is 0.409. The van der Waals surface area contributed by atoms with Crippen molar-refractivity contribution in [1.82, 2.24) is 24.8 Å². The predicted molar refractivity (Wildman–Crippen MR) is 138 cm³/mol. The number of nitrogens with zero attached hydrogens (tertiary/aromatic N) is 4. The van der Waals surface area contributed by atoms with E-state index < -0.39 is 0 Å². The minimum Gasteiger partial charge on any atom is -0.346 e. The summed E-state index contributed by atoms with van der Waals surface area (Å²) in [7, 11) is 0. The number of anilines is 2. The van der Waals surface area contributed by atoms with Gasteiger partial charge in [-0.15, -0.1) is 11.3 Å². The number of hydrogen-bond acceptors (Lipinski definition) is 6. The Morgan fingerprint density at radius 1 is 1.12 bits per heavy atom. The third-order valence-corrected chi connectivity index (χ3v) is 7.23. The Morgan fingerprint density at radius 2 is 1.88 bits per heavy atom. The van der Waals surface area contributed by atoms with Gasteiger partial charge >= 0.3 is 0 Å². The number of nitrogens with one attached hydrogen (secondary N) is 2. The number of carbonyl (C=O) groups is 1. The Bertz CT molecular complexity index is 1280. The van der Waals surface area contributed by atoms with Crippen LogP contribution < -0.4 is 5.32 Å². The molecule has 0 unspecified atom stereocenters. The highest BCUT2D eigenvalue weighted by Crippen LogP contribution is 2.32. The van der Waals surface area contributed by atoms with Crippen molar-refractivity contribution in [2.45, 2.75) is 27.3 Å². The van der Waals surface area contributed by atoms with Crippen LogP contribution in [0.4, 0.5) is 11.6 Å². The van der Waals surface area contributed by atoms with Crippen molar-refractivity contribution in [2.75, 3.05) is 31.5 Å². The lowest BCUT2D eigenvalue weighted by atomic mass is 10.1. The van der Waals surface area contributed by atoms with Gasteiger partial charge in [-0.2, -0.15) is 4.98 Å². The van der Waals surface area contributed by atoms with Gasteiger partial charge in [-0.1, -0.05) is 26.0 Å². The SMILES string of the molecule is Cc1csc(-c2nc(Nc3ccc(CN4CCN(C(=O)C(C)C)CC4)cc3)nc3[nH]ccc23)c1. The lowest BCUT2D eigenvalue weighted by Gasteiger charge is -2.35. The van der Waals surface area contributed by atoms with Gasteiger partial charge in [-0.3, -0.25) is 9.69 Å². The van der Waals surface area contributed by atoms with E-state index in [1.807, 2.05) is 31.0 Å². The molecule has 0 saturated carbocycles. The van der Waals surface area contributed by atoms with Crippen molar-refractivity contribution < 1.29 is 4.79 Å². The van der Waals surface area contributed by atoms with Crippen molar-refractivity contribution >= 4 is 39.9 Å². The second-order valence-corrected chi connectivity index (χ2v) is 10.1. The van der Waals surface area contributed by atoms with Crippen molar-refractivity contribution in [3.8, 4) is 10.6 Å². The Morgan fingerprint density at radius 3 is 2.56 bits per heavy atom. The largest absolute Gasteiger partial charge is 0.346 e. The highest BCUT2D eigenvalue weighted by atomic mass is 32.1. The molecule has 34 heavy (non-hydrogen) atoms. The number of aryl methyl sites for hydroxylation is 1. The van der Waals surface area contributed by atoms with Crippen molar-refractivity contribution in [2.24, 2.45) is 5.92 Å². The lowest BCUT2D eigenvalue weighted by Crippen LogP contribution is -2.49. The molecule has 4 heterocycles. The fraction of sp³-hybridized carbons (Fsp3) is 0.346. The zero-order valence-electron chi connectivity index (χ0n) is 19.8. The molecule has 0 bridgehead atoms. The van der Waals surface area contributed by atoms with Crippen LogP contribution in [0.1, 0.15) is 25.0 Å². The van der Waals surface area contributed by atoms with E-state index in [9.17, 15) is 4.79 Å². The summed E-state index contributed by atoms with van der Waals surface area (Å²) in [5.41, 5.74) is 5.21. The summed E-state index contributed by atoms with van der Waals surface area (Å²) in [6, 6.07) is 12.6. The van der Waals surface area contributed by atoms with Crippen LogP contribution in [0.3, 0.4) is 0 Å². The van der Waals surface area contributed by atoms with Crippen molar-refractivity contribution in [3.05, 3.63) is 59.1 Å². The molecule has 0 radical (unpaired) electrons. The topological polar surface area (TPSA) is 77.2 Å². The first-order valence-corrected chi connectivity index (χ1v) is 12.6. The van der Waals surface area contributed by atoms with E-state index >= 15 is 0 Å². The Labute approximate surface area is 203 Å². The van der Waals surface area contributed by atoms with Gasteiger partial charge in [-0.25, -0.2) is 4.98 Å². The number of amides is 1. The molecule has 1 amide bonds. The third-order valence-electron chi connectivity index (χ3n) is 6.17. The van der Waals surface area contributed by atoms with Crippen LogP contribution in [-0.2, 0) is 11.3 Å². The van der Waals surface area contributed by atoms with Gasteiger partial charge in [-0.05, 0) is 47.7 Å². The number of hydrogen-bond donors (Lipinski definition) is 2. The number of aromatic nitrogens is 3.